The maximum atomic E-state index is 12.5. The molecular weight excluding hydrogens is 426 g/mol. The average molecular weight is 470 g/mol. The van der Waals surface area contributed by atoms with Gasteiger partial charge in [0.2, 0.25) is 5.91 Å². The number of aliphatic hydroxyl groups excluding tert-OH is 1. The molecule has 1 aromatic carbocycles. The number of rotatable bonds is 5. The number of para-hydroxylation sites is 1. The van der Waals surface area contributed by atoms with E-state index in [1.807, 2.05) is 24.3 Å². The van der Waals surface area contributed by atoms with Crippen LogP contribution in [0, 0.1) is 40.4 Å². The first kappa shape index (κ1) is 23.7. The Balaban J connectivity index is 1.21. The van der Waals surface area contributed by atoms with Gasteiger partial charge in [-0.25, -0.2) is 0 Å². The van der Waals surface area contributed by atoms with E-state index in [0.717, 1.165) is 41.7 Å². The van der Waals surface area contributed by atoms with E-state index in [0.29, 0.717) is 35.0 Å². The molecule has 6 unspecified atom stereocenters. The lowest BCUT2D eigenvalue weighted by atomic mass is 9.44. The lowest BCUT2D eigenvalue weighted by Gasteiger charge is -2.62. The molecule has 4 saturated carbocycles. The van der Waals surface area contributed by atoms with Gasteiger partial charge in [0.1, 0.15) is 0 Å². The lowest BCUT2D eigenvalue weighted by molar-refractivity contribution is -0.162. The number of nitrogens with one attached hydrogen (secondary N) is 1. The average Bonchev–Trinajstić information content (AvgIpc) is 3.12. The van der Waals surface area contributed by atoms with Gasteiger partial charge in [-0.15, -0.1) is 12.6 Å². The summed E-state index contributed by atoms with van der Waals surface area (Å²) in [5.41, 5.74) is 1.61. The highest BCUT2D eigenvalue weighted by atomic mass is 32.1. The van der Waals surface area contributed by atoms with Crippen LogP contribution in [0.15, 0.2) is 29.2 Å². The van der Waals surface area contributed by atoms with Crippen molar-refractivity contribution in [3.63, 3.8) is 0 Å². The van der Waals surface area contributed by atoms with Gasteiger partial charge in [-0.1, -0.05) is 38.8 Å². The highest BCUT2D eigenvalue weighted by molar-refractivity contribution is 7.80. The standard InChI is InChI=1S/C29H43NO2S/c1-28-16-6-5-8-20(28)18-24(31)27-21-14-13-19(29(21,2)17-15-22(27)28)9-7-12-26(32)30-23-10-3-4-11-25(23)33/h3-4,10-11,19-22,24,27,31,33H,5-9,12-18H2,1-2H3,(H,30,32)/t19?,20?,21?,22?,24-,27?,28?,29+/m0/s1. The van der Waals surface area contributed by atoms with Crippen molar-refractivity contribution in [2.45, 2.75) is 102 Å². The molecule has 0 aliphatic heterocycles. The minimum atomic E-state index is -0.0957. The molecule has 5 rings (SSSR count). The number of carbonyl (C=O) groups excluding carboxylic acids is 1. The fraction of sp³-hybridized carbons (Fsp3) is 0.759. The Bertz CT molecular complexity index is 873. The number of anilines is 1. The Morgan fingerprint density at radius 1 is 1.06 bits per heavy atom. The van der Waals surface area contributed by atoms with E-state index in [1.165, 1.54) is 51.4 Å². The molecule has 3 nitrogen and oxygen atoms in total. The maximum absolute atomic E-state index is 12.5. The van der Waals surface area contributed by atoms with Gasteiger partial charge in [0.25, 0.3) is 0 Å². The fourth-order valence-electron chi connectivity index (χ4n) is 9.14. The van der Waals surface area contributed by atoms with E-state index < -0.39 is 0 Å². The molecule has 1 amide bonds. The molecule has 4 aliphatic carbocycles. The van der Waals surface area contributed by atoms with Gasteiger partial charge in [-0.3, -0.25) is 4.79 Å². The van der Waals surface area contributed by atoms with E-state index in [-0.39, 0.29) is 12.0 Å². The lowest BCUT2D eigenvalue weighted by Crippen LogP contribution is -2.57. The monoisotopic (exact) mass is 469 g/mol. The van der Waals surface area contributed by atoms with Crippen LogP contribution in [0.1, 0.15) is 90.9 Å². The van der Waals surface area contributed by atoms with Crippen molar-refractivity contribution in [2.75, 3.05) is 5.32 Å². The third-order valence-corrected chi connectivity index (χ3v) is 11.3. The van der Waals surface area contributed by atoms with Gasteiger partial charge in [-0.2, -0.15) is 0 Å². The van der Waals surface area contributed by atoms with Crippen LogP contribution in [0.2, 0.25) is 0 Å². The maximum Gasteiger partial charge on any atom is 0.224 e. The number of hydrogen-bond acceptors (Lipinski definition) is 3. The Kier molecular flexibility index (Phi) is 6.63. The minimum Gasteiger partial charge on any atom is -0.393 e. The van der Waals surface area contributed by atoms with E-state index in [2.05, 4.69) is 31.8 Å². The van der Waals surface area contributed by atoms with Crippen LogP contribution in [0.25, 0.3) is 0 Å². The number of hydrogen-bond donors (Lipinski definition) is 3. The Labute approximate surface area is 205 Å². The van der Waals surface area contributed by atoms with Crippen LogP contribution in [0.5, 0.6) is 0 Å². The molecule has 0 aromatic heterocycles. The fourth-order valence-corrected chi connectivity index (χ4v) is 9.36. The zero-order chi connectivity index (χ0) is 23.2. The Morgan fingerprint density at radius 2 is 1.85 bits per heavy atom. The van der Waals surface area contributed by atoms with Crippen molar-refractivity contribution in [3.05, 3.63) is 24.3 Å². The van der Waals surface area contributed by atoms with E-state index in [9.17, 15) is 9.90 Å². The van der Waals surface area contributed by atoms with Crippen LogP contribution in [0.3, 0.4) is 0 Å². The van der Waals surface area contributed by atoms with Crippen LogP contribution < -0.4 is 5.32 Å². The number of thiol groups is 1. The normalized spacial score (nSPS) is 42.2. The van der Waals surface area contributed by atoms with Gasteiger partial charge < -0.3 is 10.4 Å². The number of aliphatic hydroxyl groups is 1. The second kappa shape index (κ2) is 9.22. The van der Waals surface area contributed by atoms with E-state index >= 15 is 0 Å². The van der Waals surface area contributed by atoms with Crippen LogP contribution in [-0.2, 0) is 4.79 Å². The number of amides is 1. The molecule has 2 N–H and O–H groups in total. The summed E-state index contributed by atoms with van der Waals surface area (Å²) >= 11 is 4.44. The molecule has 1 aromatic rings. The summed E-state index contributed by atoms with van der Waals surface area (Å²) in [7, 11) is 0. The molecule has 4 fully saturated rings. The number of carbonyl (C=O) groups is 1. The third-order valence-electron chi connectivity index (χ3n) is 10.9. The van der Waals surface area contributed by atoms with E-state index in [4.69, 9.17) is 0 Å². The van der Waals surface area contributed by atoms with Gasteiger partial charge >= 0.3 is 0 Å². The molecular formula is C29H43NO2S. The largest absolute Gasteiger partial charge is 0.393 e. The zero-order valence-electron chi connectivity index (χ0n) is 20.6. The molecule has 33 heavy (non-hydrogen) atoms. The molecule has 0 bridgehead atoms. The number of benzene rings is 1. The number of fused-ring (bicyclic) bond motifs is 5. The summed E-state index contributed by atoms with van der Waals surface area (Å²) in [6.07, 6.45) is 14.2. The van der Waals surface area contributed by atoms with Crippen molar-refractivity contribution in [1.82, 2.24) is 0 Å². The molecule has 0 saturated heterocycles. The van der Waals surface area contributed by atoms with Crippen molar-refractivity contribution in [3.8, 4) is 0 Å². The first-order chi connectivity index (χ1) is 15.8. The van der Waals surface area contributed by atoms with Crippen molar-refractivity contribution < 1.29 is 9.90 Å². The summed E-state index contributed by atoms with van der Waals surface area (Å²) in [4.78, 5) is 13.3. The summed E-state index contributed by atoms with van der Waals surface area (Å²) in [6, 6.07) is 7.68. The minimum absolute atomic E-state index is 0.0957. The van der Waals surface area contributed by atoms with Crippen molar-refractivity contribution >= 4 is 24.2 Å². The molecule has 4 heteroatoms. The van der Waals surface area contributed by atoms with Gasteiger partial charge in [-0.05, 0) is 110 Å². The first-order valence-electron chi connectivity index (χ1n) is 13.6. The predicted molar refractivity (Wildman–Crippen MR) is 137 cm³/mol. The van der Waals surface area contributed by atoms with Gasteiger partial charge in [0.15, 0.2) is 0 Å². The van der Waals surface area contributed by atoms with Crippen molar-refractivity contribution in [2.24, 2.45) is 40.4 Å². The van der Waals surface area contributed by atoms with Gasteiger partial charge in [0.05, 0.1) is 11.8 Å². The molecule has 0 spiro atoms. The summed E-state index contributed by atoms with van der Waals surface area (Å²) in [5, 5.41) is 14.4. The molecule has 8 atom stereocenters. The van der Waals surface area contributed by atoms with Crippen LogP contribution in [-0.4, -0.2) is 17.1 Å². The highest BCUT2D eigenvalue weighted by Gasteiger charge is 2.61. The summed E-state index contributed by atoms with van der Waals surface area (Å²) in [5.74, 6) is 3.42. The second-order valence-corrected chi connectivity index (χ2v) is 12.8. The SMILES string of the molecule is CC12CCCCC1C[C@H](O)C1C2CC[C@]2(C)C(CCCC(=O)Nc3ccccc3S)CCC12. The third kappa shape index (κ3) is 4.18. The van der Waals surface area contributed by atoms with Gasteiger partial charge in [0, 0.05) is 11.3 Å². The summed E-state index contributed by atoms with van der Waals surface area (Å²) in [6.45, 7) is 5.11. The molecule has 4 aliphatic rings. The van der Waals surface area contributed by atoms with Crippen molar-refractivity contribution in [1.29, 1.82) is 0 Å². The molecule has 0 radical (unpaired) electrons. The smallest absolute Gasteiger partial charge is 0.224 e. The first-order valence-corrected chi connectivity index (χ1v) is 14.0. The van der Waals surface area contributed by atoms with Crippen LogP contribution in [0.4, 0.5) is 5.69 Å². The van der Waals surface area contributed by atoms with Crippen LogP contribution >= 0.6 is 12.6 Å². The Morgan fingerprint density at radius 3 is 2.67 bits per heavy atom. The molecule has 182 valence electrons. The zero-order valence-corrected chi connectivity index (χ0v) is 21.5. The highest BCUT2D eigenvalue weighted by Crippen LogP contribution is 2.67. The topological polar surface area (TPSA) is 49.3 Å². The molecule has 0 heterocycles. The van der Waals surface area contributed by atoms with E-state index in [1.54, 1.807) is 0 Å². The second-order valence-electron chi connectivity index (χ2n) is 12.3. The quantitative estimate of drug-likeness (QED) is 0.403. The predicted octanol–water partition coefficient (Wildman–Crippen LogP) is 7.10. The Hall–Kier alpha value is -1.00. The summed E-state index contributed by atoms with van der Waals surface area (Å²) < 4.78 is 0.